The van der Waals surface area contributed by atoms with E-state index in [0.717, 1.165) is 22.0 Å². The summed E-state index contributed by atoms with van der Waals surface area (Å²) >= 11 is 0. The molecule has 2 heterocycles. The van der Waals surface area contributed by atoms with Crippen LogP contribution in [0.25, 0.3) is 16.7 Å². The summed E-state index contributed by atoms with van der Waals surface area (Å²) in [4.78, 5) is 17.0. The lowest BCUT2D eigenvalue weighted by Crippen LogP contribution is -2.18. The Kier molecular flexibility index (Phi) is 4.95. The van der Waals surface area contributed by atoms with Gasteiger partial charge >= 0.3 is 0 Å². The number of nitriles is 1. The van der Waals surface area contributed by atoms with Crippen LogP contribution in [0.4, 0.5) is 5.82 Å². The maximum atomic E-state index is 12.3. The normalized spacial score (nSPS) is 11.0. The van der Waals surface area contributed by atoms with Crippen molar-refractivity contribution in [3.05, 3.63) is 46.6 Å². The second kappa shape index (κ2) is 7.20. The highest BCUT2D eigenvalue weighted by Gasteiger charge is 2.18. The van der Waals surface area contributed by atoms with Crippen LogP contribution in [0.15, 0.2) is 24.4 Å². The molecule has 0 fully saturated rings. The van der Waals surface area contributed by atoms with Crippen molar-refractivity contribution >= 4 is 22.6 Å². The number of aryl methyl sites for hydroxylation is 3. The number of carbonyl (C=O) groups is 1. The zero-order chi connectivity index (χ0) is 19.7. The third kappa shape index (κ3) is 3.68. The van der Waals surface area contributed by atoms with E-state index < -0.39 is 0 Å². The molecule has 0 aliphatic rings. The van der Waals surface area contributed by atoms with Gasteiger partial charge in [0.2, 0.25) is 5.91 Å². The molecule has 0 radical (unpaired) electrons. The van der Waals surface area contributed by atoms with E-state index in [1.807, 2.05) is 33.8 Å². The van der Waals surface area contributed by atoms with Crippen LogP contribution in [0.1, 0.15) is 42.5 Å². The van der Waals surface area contributed by atoms with Crippen molar-refractivity contribution in [3.63, 3.8) is 0 Å². The zero-order valence-electron chi connectivity index (χ0n) is 16.3. The van der Waals surface area contributed by atoms with Crippen molar-refractivity contribution in [2.45, 2.75) is 41.0 Å². The molecule has 0 saturated heterocycles. The number of hydrogen-bond acceptors (Lipinski definition) is 4. The minimum atomic E-state index is -0.146. The lowest BCUT2D eigenvalue weighted by atomic mass is 10.0. The third-order valence-electron chi connectivity index (χ3n) is 4.40. The first-order valence-corrected chi connectivity index (χ1v) is 8.97. The van der Waals surface area contributed by atoms with Crippen LogP contribution >= 0.6 is 0 Å². The molecule has 0 saturated carbocycles. The van der Waals surface area contributed by atoms with Gasteiger partial charge in [-0.3, -0.25) is 4.79 Å². The van der Waals surface area contributed by atoms with E-state index in [1.165, 1.54) is 16.4 Å². The van der Waals surface area contributed by atoms with E-state index in [1.54, 1.807) is 0 Å². The molecular formula is C21H23N5O. The van der Waals surface area contributed by atoms with Crippen molar-refractivity contribution in [2.24, 2.45) is 5.92 Å². The summed E-state index contributed by atoms with van der Waals surface area (Å²) in [5.74, 6) is 1.01. The molecule has 0 atom stereocenters. The van der Waals surface area contributed by atoms with Gasteiger partial charge in [-0.25, -0.2) is 4.98 Å². The molecule has 0 spiro atoms. The summed E-state index contributed by atoms with van der Waals surface area (Å²) in [6, 6.07) is 8.22. The second-order valence-corrected chi connectivity index (χ2v) is 7.35. The van der Waals surface area contributed by atoms with Gasteiger partial charge in [0.05, 0.1) is 11.7 Å². The lowest BCUT2D eigenvalue weighted by Gasteiger charge is -2.13. The molecule has 3 rings (SSSR count). The number of nitrogens with zero attached hydrogens (tertiary/aromatic N) is 4. The van der Waals surface area contributed by atoms with Gasteiger partial charge in [0, 0.05) is 11.8 Å². The highest BCUT2D eigenvalue weighted by Crippen LogP contribution is 2.26. The molecular weight excluding hydrogens is 338 g/mol. The quantitative estimate of drug-likeness (QED) is 0.755. The van der Waals surface area contributed by atoms with E-state index >= 15 is 0 Å². The van der Waals surface area contributed by atoms with Gasteiger partial charge in [0.1, 0.15) is 11.6 Å². The van der Waals surface area contributed by atoms with Crippen molar-refractivity contribution in [1.82, 2.24) is 14.8 Å². The maximum Gasteiger partial charge on any atom is 0.225 e. The SMILES string of the molecule is Cc1cc(C)c2nc(-n3ncc(C#N)c3NC(=O)CC(C)C)cc(C)c2c1. The van der Waals surface area contributed by atoms with Gasteiger partial charge in [0.25, 0.3) is 0 Å². The Balaban J connectivity index is 2.13. The van der Waals surface area contributed by atoms with Crippen molar-refractivity contribution < 1.29 is 4.79 Å². The van der Waals surface area contributed by atoms with Crippen LogP contribution in [-0.4, -0.2) is 20.7 Å². The molecule has 1 aromatic carbocycles. The number of pyridine rings is 1. The monoisotopic (exact) mass is 361 g/mol. The number of fused-ring (bicyclic) bond motifs is 1. The minimum absolute atomic E-state index is 0.146. The fourth-order valence-electron chi connectivity index (χ4n) is 3.21. The molecule has 0 bridgehead atoms. The maximum absolute atomic E-state index is 12.3. The molecule has 1 amide bonds. The Morgan fingerprint density at radius 1 is 1.22 bits per heavy atom. The number of benzene rings is 1. The second-order valence-electron chi connectivity index (χ2n) is 7.35. The average Bonchev–Trinajstić information content (AvgIpc) is 2.97. The Morgan fingerprint density at radius 2 is 1.96 bits per heavy atom. The van der Waals surface area contributed by atoms with Crippen LogP contribution in [-0.2, 0) is 4.79 Å². The molecule has 0 unspecified atom stereocenters. The number of aromatic nitrogens is 3. The minimum Gasteiger partial charge on any atom is -0.309 e. The lowest BCUT2D eigenvalue weighted by molar-refractivity contribution is -0.116. The van der Waals surface area contributed by atoms with Crippen LogP contribution in [0, 0.1) is 38.0 Å². The molecule has 27 heavy (non-hydrogen) atoms. The van der Waals surface area contributed by atoms with E-state index in [9.17, 15) is 10.1 Å². The summed E-state index contributed by atoms with van der Waals surface area (Å²) in [5, 5.41) is 17.6. The molecule has 0 aliphatic carbocycles. The van der Waals surface area contributed by atoms with Crippen molar-refractivity contribution in [3.8, 4) is 11.9 Å². The first kappa shape index (κ1) is 18.6. The smallest absolute Gasteiger partial charge is 0.225 e. The summed E-state index contributed by atoms with van der Waals surface area (Å²) in [6.45, 7) is 10.1. The summed E-state index contributed by atoms with van der Waals surface area (Å²) < 4.78 is 1.53. The number of rotatable bonds is 4. The first-order valence-electron chi connectivity index (χ1n) is 8.97. The van der Waals surface area contributed by atoms with Gasteiger partial charge in [-0.2, -0.15) is 15.0 Å². The third-order valence-corrected chi connectivity index (χ3v) is 4.40. The molecule has 6 heteroatoms. The first-order chi connectivity index (χ1) is 12.8. The highest BCUT2D eigenvalue weighted by molar-refractivity contribution is 5.92. The predicted molar refractivity (Wildman–Crippen MR) is 106 cm³/mol. The number of hydrogen-bond donors (Lipinski definition) is 1. The summed E-state index contributed by atoms with van der Waals surface area (Å²) in [6.07, 6.45) is 1.83. The van der Waals surface area contributed by atoms with E-state index in [4.69, 9.17) is 4.98 Å². The van der Waals surface area contributed by atoms with Crippen molar-refractivity contribution in [2.75, 3.05) is 5.32 Å². The molecule has 3 aromatic rings. The number of carbonyl (C=O) groups excluding carboxylic acids is 1. The fraction of sp³-hybridized carbons (Fsp3) is 0.333. The van der Waals surface area contributed by atoms with E-state index in [0.29, 0.717) is 23.6 Å². The zero-order valence-corrected chi connectivity index (χ0v) is 16.3. The van der Waals surface area contributed by atoms with Crippen LogP contribution < -0.4 is 5.32 Å². The van der Waals surface area contributed by atoms with Crippen LogP contribution in [0.2, 0.25) is 0 Å². The fourth-order valence-corrected chi connectivity index (χ4v) is 3.21. The molecule has 138 valence electrons. The standard InChI is InChI=1S/C21H23N5O/c1-12(2)6-19(27)25-21-16(10-22)11-23-26(21)18-9-14(4)17-8-13(3)7-15(5)20(17)24-18/h7-9,11-12H,6H2,1-5H3,(H,25,27). The van der Waals surface area contributed by atoms with Gasteiger partial charge in [0.15, 0.2) is 11.6 Å². The molecule has 6 nitrogen and oxygen atoms in total. The van der Waals surface area contributed by atoms with E-state index in [2.05, 4.69) is 35.5 Å². The number of nitrogens with one attached hydrogen (secondary N) is 1. The topological polar surface area (TPSA) is 83.6 Å². The average molecular weight is 361 g/mol. The highest BCUT2D eigenvalue weighted by atomic mass is 16.1. The Bertz CT molecular complexity index is 1070. The van der Waals surface area contributed by atoms with Crippen molar-refractivity contribution in [1.29, 1.82) is 5.26 Å². The Hall–Kier alpha value is -3.20. The largest absolute Gasteiger partial charge is 0.309 e. The molecule has 1 N–H and O–H groups in total. The summed E-state index contributed by atoms with van der Waals surface area (Å²) in [7, 11) is 0. The number of anilines is 1. The molecule has 0 aliphatic heterocycles. The van der Waals surface area contributed by atoms with Gasteiger partial charge in [-0.15, -0.1) is 0 Å². The van der Waals surface area contributed by atoms with Crippen LogP contribution in [0.3, 0.4) is 0 Å². The van der Waals surface area contributed by atoms with Gasteiger partial charge < -0.3 is 5.32 Å². The predicted octanol–water partition coefficient (Wildman–Crippen LogP) is 4.20. The molecule has 2 aromatic heterocycles. The number of amides is 1. The van der Waals surface area contributed by atoms with Gasteiger partial charge in [-0.05, 0) is 49.9 Å². The Labute approximate surface area is 158 Å². The van der Waals surface area contributed by atoms with E-state index in [-0.39, 0.29) is 11.8 Å². The van der Waals surface area contributed by atoms with Gasteiger partial charge in [-0.1, -0.05) is 25.5 Å². The Morgan fingerprint density at radius 3 is 2.63 bits per heavy atom. The summed E-state index contributed by atoms with van der Waals surface area (Å²) in [5.41, 5.74) is 4.53. The van der Waals surface area contributed by atoms with Crippen LogP contribution in [0.5, 0.6) is 0 Å².